The molecule has 1 aromatic rings. The molecule has 19 heavy (non-hydrogen) atoms. The topological polar surface area (TPSA) is 64.3 Å². The van der Waals surface area contributed by atoms with Gasteiger partial charge in [0.2, 0.25) is 5.91 Å². The van der Waals surface area contributed by atoms with Crippen LogP contribution in [0.1, 0.15) is 32.8 Å². The maximum absolute atomic E-state index is 11.7. The summed E-state index contributed by atoms with van der Waals surface area (Å²) in [4.78, 5) is 11.7. The predicted octanol–water partition coefficient (Wildman–Crippen LogP) is 1.87. The minimum absolute atomic E-state index is 0.109. The van der Waals surface area contributed by atoms with Gasteiger partial charge in [-0.05, 0) is 51.3 Å². The Kier molecular flexibility index (Phi) is 5.36. The van der Waals surface area contributed by atoms with Gasteiger partial charge in [0, 0.05) is 6.04 Å². The SMILES string of the molecule is COc1ccc(CCC(C)NC(=O)C(C)(C)N)cc1. The van der Waals surface area contributed by atoms with Gasteiger partial charge in [-0.25, -0.2) is 0 Å². The molecule has 0 aliphatic carbocycles. The van der Waals surface area contributed by atoms with Gasteiger partial charge in [-0.1, -0.05) is 12.1 Å². The minimum Gasteiger partial charge on any atom is -0.497 e. The van der Waals surface area contributed by atoms with Crippen molar-refractivity contribution in [3.8, 4) is 5.75 Å². The third-order valence-corrected chi connectivity index (χ3v) is 2.99. The predicted molar refractivity (Wildman–Crippen MR) is 77.2 cm³/mol. The largest absolute Gasteiger partial charge is 0.497 e. The van der Waals surface area contributed by atoms with Crippen LogP contribution in [0.2, 0.25) is 0 Å². The molecule has 1 atom stereocenters. The van der Waals surface area contributed by atoms with Crippen LogP contribution in [0.25, 0.3) is 0 Å². The molecule has 1 aromatic carbocycles. The summed E-state index contributed by atoms with van der Waals surface area (Å²) in [6.45, 7) is 5.41. The number of nitrogens with two attached hydrogens (primary N) is 1. The van der Waals surface area contributed by atoms with Crippen LogP contribution in [0.3, 0.4) is 0 Å². The fourth-order valence-corrected chi connectivity index (χ4v) is 1.66. The highest BCUT2D eigenvalue weighted by molar-refractivity contribution is 5.85. The van der Waals surface area contributed by atoms with Crippen LogP contribution in [0.15, 0.2) is 24.3 Å². The summed E-state index contributed by atoms with van der Waals surface area (Å²) in [5.74, 6) is 0.740. The van der Waals surface area contributed by atoms with Crippen LogP contribution in [0.4, 0.5) is 0 Å². The Morgan fingerprint density at radius 2 is 1.95 bits per heavy atom. The number of benzene rings is 1. The van der Waals surface area contributed by atoms with E-state index in [1.165, 1.54) is 5.56 Å². The fourth-order valence-electron chi connectivity index (χ4n) is 1.66. The van der Waals surface area contributed by atoms with Crippen molar-refractivity contribution >= 4 is 5.91 Å². The molecule has 1 rings (SSSR count). The number of carbonyl (C=O) groups is 1. The normalized spacial score (nSPS) is 12.9. The number of nitrogens with one attached hydrogen (secondary N) is 1. The summed E-state index contributed by atoms with van der Waals surface area (Å²) >= 11 is 0. The van der Waals surface area contributed by atoms with Crippen molar-refractivity contribution in [1.29, 1.82) is 0 Å². The summed E-state index contributed by atoms with van der Waals surface area (Å²) in [7, 11) is 1.65. The van der Waals surface area contributed by atoms with Crippen molar-refractivity contribution in [3.63, 3.8) is 0 Å². The number of aryl methyl sites for hydroxylation is 1. The van der Waals surface area contributed by atoms with Gasteiger partial charge < -0.3 is 15.8 Å². The van der Waals surface area contributed by atoms with Crippen molar-refractivity contribution in [2.75, 3.05) is 7.11 Å². The van der Waals surface area contributed by atoms with E-state index in [0.717, 1.165) is 18.6 Å². The van der Waals surface area contributed by atoms with Gasteiger partial charge in [0.05, 0.1) is 12.6 Å². The second-order valence-corrected chi connectivity index (χ2v) is 5.48. The Hall–Kier alpha value is -1.55. The molecule has 0 aromatic heterocycles. The zero-order chi connectivity index (χ0) is 14.5. The minimum atomic E-state index is -0.825. The first kappa shape index (κ1) is 15.5. The van der Waals surface area contributed by atoms with E-state index in [1.54, 1.807) is 21.0 Å². The summed E-state index contributed by atoms with van der Waals surface area (Å²) in [6.07, 6.45) is 1.80. The van der Waals surface area contributed by atoms with Crippen molar-refractivity contribution in [3.05, 3.63) is 29.8 Å². The summed E-state index contributed by atoms with van der Waals surface area (Å²) < 4.78 is 5.11. The highest BCUT2D eigenvalue weighted by Crippen LogP contribution is 2.13. The van der Waals surface area contributed by atoms with Crippen LogP contribution < -0.4 is 15.8 Å². The maximum Gasteiger partial charge on any atom is 0.239 e. The van der Waals surface area contributed by atoms with E-state index in [9.17, 15) is 4.79 Å². The number of hydrogen-bond donors (Lipinski definition) is 2. The lowest BCUT2D eigenvalue weighted by Gasteiger charge is -2.21. The highest BCUT2D eigenvalue weighted by Gasteiger charge is 2.22. The zero-order valence-electron chi connectivity index (χ0n) is 12.2. The standard InChI is InChI=1S/C15H24N2O2/c1-11(17-14(18)15(2,3)16)5-6-12-7-9-13(19-4)10-8-12/h7-11H,5-6,16H2,1-4H3,(H,17,18). The molecule has 0 spiro atoms. The first-order chi connectivity index (χ1) is 8.82. The lowest BCUT2D eigenvalue weighted by atomic mass is 10.0. The third-order valence-electron chi connectivity index (χ3n) is 2.99. The molecule has 3 N–H and O–H groups in total. The van der Waals surface area contributed by atoms with Crippen molar-refractivity contribution in [2.24, 2.45) is 5.73 Å². The molecule has 0 aliphatic heterocycles. The van der Waals surface area contributed by atoms with Crippen LogP contribution in [0.5, 0.6) is 5.75 Å². The van der Waals surface area contributed by atoms with Gasteiger partial charge in [-0.3, -0.25) is 4.79 Å². The summed E-state index contributed by atoms with van der Waals surface area (Å²) in [6, 6.07) is 8.08. The molecule has 4 heteroatoms. The van der Waals surface area contributed by atoms with E-state index in [4.69, 9.17) is 10.5 Å². The lowest BCUT2D eigenvalue weighted by Crippen LogP contribution is -2.51. The average Bonchev–Trinajstić information content (AvgIpc) is 2.35. The Labute approximate surface area is 115 Å². The van der Waals surface area contributed by atoms with Crippen molar-refractivity contribution in [2.45, 2.75) is 45.2 Å². The molecule has 0 aliphatic rings. The maximum atomic E-state index is 11.7. The molecule has 0 fully saturated rings. The number of hydrogen-bond acceptors (Lipinski definition) is 3. The molecule has 0 saturated carbocycles. The Morgan fingerprint density at radius 1 is 1.37 bits per heavy atom. The number of carbonyl (C=O) groups excluding carboxylic acids is 1. The first-order valence-corrected chi connectivity index (χ1v) is 6.55. The van der Waals surface area contributed by atoms with Crippen LogP contribution >= 0.6 is 0 Å². The van der Waals surface area contributed by atoms with Crippen LogP contribution in [-0.4, -0.2) is 24.6 Å². The third kappa shape index (κ3) is 5.30. The molecular formula is C15H24N2O2. The second-order valence-electron chi connectivity index (χ2n) is 5.48. The van der Waals surface area contributed by atoms with E-state index in [-0.39, 0.29) is 11.9 Å². The molecule has 106 valence electrons. The molecule has 0 saturated heterocycles. The Bertz CT molecular complexity index is 407. The Balaban J connectivity index is 2.41. The van der Waals surface area contributed by atoms with E-state index in [2.05, 4.69) is 5.32 Å². The molecule has 0 radical (unpaired) electrons. The average molecular weight is 264 g/mol. The van der Waals surface area contributed by atoms with Crippen molar-refractivity contribution < 1.29 is 9.53 Å². The van der Waals surface area contributed by atoms with E-state index in [1.807, 2.05) is 31.2 Å². The Morgan fingerprint density at radius 3 is 2.42 bits per heavy atom. The van der Waals surface area contributed by atoms with Crippen LogP contribution in [0, 0.1) is 0 Å². The number of rotatable bonds is 6. The van der Waals surface area contributed by atoms with E-state index < -0.39 is 5.54 Å². The molecule has 0 heterocycles. The van der Waals surface area contributed by atoms with Crippen LogP contribution in [-0.2, 0) is 11.2 Å². The van der Waals surface area contributed by atoms with Gasteiger partial charge in [0.25, 0.3) is 0 Å². The second kappa shape index (κ2) is 6.57. The van der Waals surface area contributed by atoms with E-state index >= 15 is 0 Å². The smallest absolute Gasteiger partial charge is 0.239 e. The fraction of sp³-hybridized carbons (Fsp3) is 0.533. The lowest BCUT2D eigenvalue weighted by molar-refractivity contribution is -0.125. The first-order valence-electron chi connectivity index (χ1n) is 6.55. The zero-order valence-corrected chi connectivity index (χ0v) is 12.2. The van der Waals surface area contributed by atoms with E-state index in [0.29, 0.717) is 0 Å². The molecule has 0 bridgehead atoms. The summed E-state index contributed by atoms with van der Waals surface area (Å²) in [5, 5.41) is 2.92. The van der Waals surface area contributed by atoms with Gasteiger partial charge in [-0.2, -0.15) is 0 Å². The van der Waals surface area contributed by atoms with Gasteiger partial charge in [0.15, 0.2) is 0 Å². The molecule has 1 amide bonds. The van der Waals surface area contributed by atoms with Gasteiger partial charge >= 0.3 is 0 Å². The van der Waals surface area contributed by atoms with Gasteiger partial charge in [0.1, 0.15) is 5.75 Å². The molecule has 1 unspecified atom stereocenters. The number of amides is 1. The van der Waals surface area contributed by atoms with Crippen molar-refractivity contribution in [1.82, 2.24) is 5.32 Å². The van der Waals surface area contributed by atoms with Gasteiger partial charge in [-0.15, -0.1) is 0 Å². The number of ether oxygens (including phenoxy) is 1. The number of methoxy groups -OCH3 is 1. The molecular weight excluding hydrogens is 240 g/mol. The molecule has 4 nitrogen and oxygen atoms in total. The highest BCUT2D eigenvalue weighted by atomic mass is 16.5. The quantitative estimate of drug-likeness (QED) is 0.824. The monoisotopic (exact) mass is 264 g/mol. The summed E-state index contributed by atoms with van der Waals surface area (Å²) in [5.41, 5.74) is 6.15.